The number of rotatable bonds is 16. The van der Waals surface area contributed by atoms with Gasteiger partial charge < -0.3 is 9.30 Å². The summed E-state index contributed by atoms with van der Waals surface area (Å²) < 4.78 is 34.6. The van der Waals surface area contributed by atoms with E-state index in [-0.39, 0.29) is 11.3 Å². The molecule has 0 spiro atoms. The molecule has 9 heteroatoms. The maximum Gasteiger partial charge on any atom is 0.264 e. The quantitative estimate of drug-likeness (QED) is 0.189. The van der Waals surface area contributed by atoms with Crippen molar-refractivity contribution >= 4 is 38.6 Å². The van der Waals surface area contributed by atoms with Crippen LogP contribution in [0.25, 0.3) is 11.0 Å². The molecule has 1 aromatic heterocycles. The molecular formula is C29H40ClN3O4S. The number of hydrogen-bond acceptors (Lipinski definition) is 5. The summed E-state index contributed by atoms with van der Waals surface area (Å²) in [5.74, 6) is 0.810. The number of fused-ring (bicyclic) bond motifs is 1. The van der Waals surface area contributed by atoms with Gasteiger partial charge in [-0.3, -0.25) is 4.79 Å². The number of aryl methyl sites for hydroxylation is 1. The number of carbonyl (C=O) groups excluding carboxylic acids is 1. The topological polar surface area (TPSA) is 90.3 Å². The van der Waals surface area contributed by atoms with Crippen molar-refractivity contribution in [3.8, 4) is 5.75 Å². The number of nitrogens with zero attached hydrogens (tertiary/aromatic N) is 2. The molecule has 3 aromatic rings. The zero-order chi connectivity index (χ0) is 27.5. The summed E-state index contributed by atoms with van der Waals surface area (Å²) in [6, 6.07) is 10.7. The molecule has 208 valence electrons. The molecule has 0 unspecified atom stereocenters. The van der Waals surface area contributed by atoms with Gasteiger partial charge in [0.05, 0.1) is 29.9 Å². The van der Waals surface area contributed by atoms with Gasteiger partial charge in [0.15, 0.2) is 0 Å². The molecule has 0 radical (unpaired) electrons. The molecule has 1 N–H and O–H groups in total. The molecule has 1 heterocycles. The molecule has 2 aromatic carbocycles. The highest BCUT2D eigenvalue weighted by Gasteiger charge is 2.18. The number of ether oxygens (including phenoxy) is 1. The summed E-state index contributed by atoms with van der Waals surface area (Å²) in [6.07, 6.45) is 9.49. The number of hydrogen-bond donors (Lipinski definition) is 1. The van der Waals surface area contributed by atoms with Crippen molar-refractivity contribution in [3.63, 3.8) is 0 Å². The highest BCUT2D eigenvalue weighted by atomic mass is 35.5. The second-order valence-corrected chi connectivity index (χ2v) is 12.0. The van der Waals surface area contributed by atoms with Crippen molar-refractivity contribution in [2.24, 2.45) is 0 Å². The maximum atomic E-state index is 12.7. The van der Waals surface area contributed by atoms with Gasteiger partial charge in [-0.1, -0.05) is 76.5 Å². The van der Waals surface area contributed by atoms with Gasteiger partial charge in [0.25, 0.3) is 5.91 Å². The molecule has 38 heavy (non-hydrogen) atoms. The van der Waals surface area contributed by atoms with Crippen LogP contribution in [0.1, 0.15) is 93.4 Å². The Kier molecular flexibility index (Phi) is 11.5. The SMILES string of the molecule is CCCCCCCCOc1ccc(Cn2c(C)nc3ccc(C(=O)NS(=O)(=O)CCCCC)cc32)c(Cl)c1. The lowest BCUT2D eigenvalue weighted by Gasteiger charge is -2.12. The third-order valence-corrected chi connectivity index (χ3v) is 8.26. The number of halogens is 1. The summed E-state index contributed by atoms with van der Waals surface area (Å²) in [6.45, 7) is 7.24. The number of unbranched alkanes of at least 4 members (excludes halogenated alkanes) is 7. The molecule has 0 fully saturated rings. The van der Waals surface area contributed by atoms with Gasteiger partial charge in [-0.2, -0.15) is 0 Å². The minimum absolute atomic E-state index is 0.0664. The first-order valence-corrected chi connectivity index (χ1v) is 15.7. The van der Waals surface area contributed by atoms with E-state index in [1.54, 1.807) is 18.2 Å². The van der Waals surface area contributed by atoms with E-state index in [9.17, 15) is 13.2 Å². The van der Waals surface area contributed by atoms with Gasteiger partial charge in [-0.05, 0) is 55.7 Å². The normalized spacial score (nSPS) is 11.7. The minimum Gasteiger partial charge on any atom is -0.494 e. The number of nitrogens with one attached hydrogen (secondary N) is 1. The van der Waals surface area contributed by atoms with Crippen LogP contribution >= 0.6 is 11.6 Å². The Hall–Kier alpha value is -2.58. The second kappa shape index (κ2) is 14.5. The van der Waals surface area contributed by atoms with Gasteiger partial charge in [0, 0.05) is 10.6 Å². The third-order valence-electron chi connectivity index (χ3n) is 6.59. The van der Waals surface area contributed by atoms with E-state index in [2.05, 4.69) is 16.6 Å². The molecule has 0 aliphatic carbocycles. The third kappa shape index (κ3) is 8.73. The highest BCUT2D eigenvalue weighted by Crippen LogP contribution is 2.26. The van der Waals surface area contributed by atoms with Crippen LogP contribution in [0.3, 0.4) is 0 Å². The van der Waals surface area contributed by atoms with Crippen molar-refractivity contribution in [1.82, 2.24) is 14.3 Å². The van der Waals surface area contributed by atoms with E-state index in [0.29, 0.717) is 24.6 Å². The van der Waals surface area contributed by atoms with E-state index >= 15 is 0 Å². The average Bonchev–Trinajstić information content (AvgIpc) is 3.18. The molecule has 7 nitrogen and oxygen atoms in total. The number of sulfonamides is 1. The Bertz CT molecular complexity index is 1320. The summed E-state index contributed by atoms with van der Waals surface area (Å²) in [5, 5.41) is 0.596. The van der Waals surface area contributed by atoms with Gasteiger partial charge in [0.2, 0.25) is 10.0 Å². The van der Waals surface area contributed by atoms with Gasteiger partial charge >= 0.3 is 0 Å². The Morgan fingerprint density at radius 3 is 2.42 bits per heavy atom. The Morgan fingerprint density at radius 1 is 0.974 bits per heavy atom. The average molecular weight is 562 g/mol. The lowest BCUT2D eigenvalue weighted by molar-refractivity contribution is 0.0981. The number of imidazole rings is 1. The summed E-state index contributed by atoms with van der Waals surface area (Å²) in [4.78, 5) is 17.3. The fourth-order valence-corrected chi connectivity index (χ4v) is 5.68. The first-order chi connectivity index (χ1) is 18.2. The number of carbonyl (C=O) groups is 1. The van der Waals surface area contributed by atoms with Crippen molar-refractivity contribution < 1.29 is 17.9 Å². The predicted octanol–water partition coefficient (Wildman–Crippen LogP) is 7.04. The minimum atomic E-state index is -3.68. The largest absolute Gasteiger partial charge is 0.494 e. The first kappa shape index (κ1) is 30.0. The van der Waals surface area contributed by atoms with Crippen LogP contribution in [0.5, 0.6) is 5.75 Å². The smallest absolute Gasteiger partial charge is 0.264 e. The Morgan fingerprint density at radius 2 is 1.68 bits per heavy atom. The van der Waals surface area contributed by atoms with E-state index in [4.69, 9.17) is 16.3 Å². The van der Waals surface area contributed by atoms with Crippen LogP contribution in [0, 0.1) is 6.92 Å². The first-order valence-electron chi connectivity index (χ1n) is 13.7. The molecule has 0 aliphatic rings. The van der Waals surface area contributed by atoms with Crippen LogP contribution in [0.15, 0.2) is 36.4 Å². The van der Waals surface area contributed by atoms with Crippen molar-refractivity contribution in [1.29, 1.82) is 0 Å². The predicted molar refractivity (Wildman–Crippen MR) is 155 cm³/mol. The van der Waals surface area contributed by atoms with Crippen LogP contribution in [0.2, 0.25) is 5.02 Å². The number of amides is 1. The summed E-state index contributed by atoms with van der Waals surface area (Å²) in [5.41, 5.74) is 2.62. The monoisotopic (exact) mass is 561 g/mol. The fraction of sp³-hybridized carbons (Fsp3) is 0.517. The van der Waals surface area contributed by atoms with Gasteiger partial charge in [-0.25, -0.2) is 18.1 Å². The van der Waals surface area contributed by atoms with Crippen molar-refractivity contribution in [2.75, 3.05) is 12.4 Å². The van der Waals surface area contributed by atoms with Crippen molar-refractivity contribution in [3.05, 3.63) is 58.4 Å². The molecular weight excluding hydrogens is 522 g/mol. The van der Waals surface area contributed by atoms with Crippen LogP contribution in [-0.2, 0) is 16.6 Å². The second-order valence-electron chi connectivity index (χ2n) is 9.78. The van der Waals surface area contributed by atoms with Crippen molar-refractivity contribution in [2.45, 2.75) is 85.1 Å². The maximum absolute atomic E-state index is 12.7. The number of benzene rings is 2. The standard InChI is InChI=1S/C29H40ClN3O4S/c1-4-6-8-9-10-11-17-37-25-15-13-24(26(30)20-25)21-33-22(3)31-27-16-14-23(19-28(27)33)29(34)32-38(35,36)18-12-7-5-2/h13-16,19-20H,4-12,17-18,21H2,1-3H3,(H,32,34). The van der Waals surface area contributed by atoms with Gasteiger partial charge in [-0.15, -0.1) is 0 Å². The van der Waals surface area contributed by atoms with Crippen LogP contribution < -0.4 is 9.46 Å². The zero-order valence-corrected chi connectivity index (χ0v) is 24.3. The fourth-order valence-electron chi connectivity index (χ4n) is 4.37. The lowest BCUT2D eigenvalue weighted by Crippen LogP contribution is -2.32. The highest BCUT2D eigenvalue weighted by molar-refractivity contribution is 7.90. The van der Waals surface area contributed by atoms with Crippen LogP contribution in [0.4, 0.5) is 0 Å². The molecule has 0 bridgehead atoms. The van der Waals surface area contributed by atoms with Crippen LogP contribution in [-0.4, -0.2) is 36.2 Å². The van der Waals surface area contributed by atoms with E-state index in [1.165, 1.54) is 32.1 Å². The molecule has 0 aliphatic heterocycles. The molecule has 0 saturated carbocycles. The van der Waals surface area contributed by atoms with Gasteiger partial charge in [0.1, 0.15) is 11.6 Å². The summed E-state index contributed by atoms with van der Waals surface area (Å²) >= 11 is 6.61. The lowest BCUT2D eigenvalue weighted by atomic mass is 10.1. The molecule has 0 saturated heterocycles. The summed E-state index contributed by atoms with van der Waals surface area (Å²) in [7, 11) is -3.68. The van der Waals surface area contributed by atoms with E-state index < -0.39 is 15.9 Å². The molecule has 0 atom stereocenters. The zero-order valence-electron chi connectivity index (χ0n) is 22.8. The Balaban J connectivity index is 1.68. The molecule has 3 rings (SSSR count). The number of aromatic nitrogens is 2. The van der Waals surface area contributed by atoms with E-state index in [1.807, 2.05) is 36.6 Å². The Labute approximate surface area is 232 Å². The molecule has 1 amide bonds. The van der Waals surface area contributed by atoms with E-state index in [0.717, 1.165) is 47.4 Å².